The number of anilines is 1. The van der Waals surface area contributed by atoms with E-state index in [0.717, 1.165) is 6.07 Å². The van der Waals surface area contributed by atoms with Crippen LogP contribution in [0.5, 0.6) is 0 Å². The van der Waals surface area contributed by atoms with Crippen LogP contribution in [-0.2, 0) is 0 Å². The van der Waals surface area contributed by atoms with E-state index >= 15 is 0 Å². The zero-order chi connectivity index (χ0) is 9.42. The largest absolute Gasteiger partial charge is 0.443 e. The minimum Gasteiger partial charge on any atom is -0.443 e. The van der Waals surface area contributed by atoms with E-state index in [1.165, 1.54) is 12.1 Å². The topological polar surface area (TPSA) is 63.0 Å². The van der Waals surface area contributed by atoms with E-state index in [9.17, 15) is 4.39 Å². The lowest BCUT2D eigenvalue weighted by Crippen LogP contribution is -1.86. The number of halogens is 1. The third kappa shape index (κ3) is 1.11. The molecule has 0 aliphatic rings. The van der Waals surface area contributed by atoms with Gasteiger partial charge in [0.25, 0.3) is 0 Å². The zero-order valence-corrected chi connectivity index (χ0v) is 6.54. The molecular formula is C9H5FN2O. The van der Waals surface area contributed by atoms with Crippen molar-refractivity contribution in [2.75, 3.05) is 5.73 Å². The highest BCUT2D eigenvalue weighted by molar-refractivity contribution is 5.88. The summed E-state index contributed by atoms with van der Waals surface area (Å²) < 4.78 is 17.9. The fourth-order valence-corrected chi connectivity index (χ4v) is 1.20. The van der Waals surface area contributed by atoms with Gasteiger partial charge in [0, 0.05) is 17.5 Å². The van der Waals surface area contributed by atoms with E-state index in [4.69, 9.17) is 15.4 Å². The number of nitriles is 1. The number of furan rings is 1. The Morgan fingerprint density at radius 3 is 2.85 bits per heavy atom. The van der Waals surface area contributed by atoms with E-state index in [1.807, 2.05) is 6.07 Å². The van der Waals surface area contributed by atoms with Gasteiger partial charge in [-0.25, -0.2) is 4.39 Å². The molecule has 4 heteroatoms. The molecule has 0 saturated carbocycles. The van der Waals surface area contributed by atoms with E-state index in [2.05, 4.69) is 0 Å². The minimum absolute atomic E-state index is 0.132. The molecule has 0 amide bonds. The Kier molecular flexibility index (Phi) is 1.46. The third-order valence-electron chi connectivity index (χ3n) is 1.72. The maximum Gasteiger partial charge on any atom is 0.204 e. The maximum atomic E-state index is 12.8. The summed E-state index contributed by atoms with van der Waals surface area (Å²) in [5.74, 6) is -0.303. The third-order valence-corrected chi connectivity index (χ3v) is 1.72. The van der Waals surface area contributed by atoms with Crippen molar-refractivity contribution in [3.8, 4) is 6.07 Å². The van der Waals surface area contributed by atoms with Gasteiger partial charge in [0.1, 0.15) is 11.9 Å². The number of rotatable bonds is 0. The van der Waals surface area contributed by atoms with Crippen molar-refractivity contribution in [1.29, 1.82) is 5.26 Å². The molecule has 2 N–H and O–H groups in total. The van der Waals surface area contributed by atoms with Crippen LogP contribution in [0.25, 0.3) is 11.0 Å². The summed E-state index contributed by atoms with van der Waals surface area (Å²) in [6.45, 7) is 0. The van der Waals surface area contributed by atoms with Crippen LogP contribution in [0.15, 0.2) is 22.6 Å². The van der Waals surface area contributed by atoms with Gasteiger partial charge in [-0.3, -0.25) is 0 Å². The Balaban J connectivity index is 2.84. The highest BCUT2D eigenvalue weighted by Gasteiger charge is 2.07. The van der Waals surface area contributed by atoms with Gasteiger partial charge in [-0.15, -0.1) is 0 Å². The first-order valence-electron chi connectivity index (χ1n) is 3.59. The molecule has 0 bridgehead atoms. The van der Waals surface area contributed by atoms with Crippen LogP contribution in [0.4, 0.5) is 10.1 Å². The second-order valence-electron chi connectivity index (χ2n) is 2.64. The van der Waals surface area contributed by atoms with Gasteiger partial charge in [-0.2, -0.15) is 5.26 Å². The fraction of sp³-hybridized carbons (Fsp3) is 0. The van der Waals surface area contributed by atoms with E-state index in [-0.39, 0.29) is 11.4 Å². The SMILES string of the molecule is N#Cc1cc2cc(F)cc(N)c2o1. The lowest BCUT2D eigenvalue weighted by molar-refractivity contribution is 0.597. The van der Waals surface area contributed by atoms with Gasteiger partial charge in [0.15, 0.2) is 5.58 Å². The molecule has 0 unspecified atom stereocenters. The molecule has 1 heterocycles. The number of fused-ring (bicyclic) bond motifs is 1. The van der Waals surface area contributed by atoms with Crippen LogP contribution in [0, 0.1) is 17.1 Å². The predicted octanol–water partition coefficient (Wildman–Crippen LogP) is 2.03. The Labute approximate surface area is 73.2 Å². The van der Waals surface area contributed by atoms with Crippen LogP contribution in [0.1, 0.15) is 5.76 Å². The molecule has 0 spiro atoms. The molecule has 13 heavy (non-hydrogen) atoms. The second kappa shape index (κ2) is 2.49. The molecule has 1 aromatic heterocycles. The first kappa shape index (κ1) is 7.62. The summed E-state index contributed by atoms with van der Waals surface area (Å²) in [6, 6.07) is 5.71. The number of nitrogens with zero attached hydrogens (tertiary/aromatic N) is 1. The number of benzene rings is 1. The lowest BCUT2D eigenvalue weighted by atomic mass is 10.2. The molecule has 1 aromatic carbocycles. The Bertz CT molecular complexity index is 510. The normalized spacial score (nSPS) is 10.2. The summed E-state index contributed by atoms with van der Waals surface area (Å²) in [4.78, 5) is 0. The number of hydrogen-bond donors (Lipinski definition) is 1. The molecule has 3 nitrogen and oxygen atoms in total. The molecule has 64 valence electrons. The van der Waals surface area contributed by atoms with Crippen molar-refractivity contribution in [1.82, 2.24) is 0 Å². The summed E-state index contributed by atoms with van der Waals surface area (Å²) in [6.07, 6.45) is 0. The van der Waals surface area contributed by atoms with Gasteiger partial charge in [-0.05, 0) is 6.07 Å². The highest BCUT2D eigenvalue weighted by Crippen LogP contribution is 2.25. The fourth-order valence-electron chi connectivity index (χ4n) is 1.20. The first-order chi connectivity index (χ1) is 6.20. The molecule has 2 aromatic rings. The summed E-state index contributed by atoms with van der Waals surface area (Å²) in [5, 5.41) is 9.03. The van der Waals surface area contributed by atoms with E-state index in [1.54, 1.807) is 0 Å². The summed E-state index contributed by atoms with van der Waals surface area (Å²) in [7, 11) is 0. The van der Waals surface area contributed by atoms with Crippen LogP contribution in [0.3, 0.4) is 0 Å². The quantitative estimate of drug-likeness (QED) is 0.624. The number of hydrogen-bond acceptors (Lipinski definition) is 3. The molecule has 0 saturated heterocycles. The van der Waals surface area contributed by atoms with Gasteiger partial charge < -0.3 is 10.2 Å². The van der Waals surface area contributed by atoms with Crippen LogP contribution < -0.4 is 5.73 Å². The van der Waals surface area contributed by atoms with E-state index < -0.39 is 5.82 Å². The second-order valence-corrected chi connectivity index (χ2v) is 2.64. The average molecular weight is 176 g/mol. The minimum atomic E-state index is -0.435. The standard InChI is InChI=1S/C9H5FN2O/c10-6-1-5-2-7(4-11)13-9(5)8(12)3-6/h1-3H,12H2. The molecular weight excluding hydrogens is 171 g/mol. The lowest BCUT2D eigenvalue weighted by Gasteiger charge is -1.93. The molecule has 0 radical (unpaired) electrons. The smallest absolute Gasteiger partial charge is 0.204 e. The van der Waals surface area contributed by atoms with Crippen molar-refractivity contribution in [3.05, 3.63) is 29.8 Å². The number of nitrogens with two attached hydrogens (primary N) is 1. The van der Waals surface area contributed by atoms with Crippen molar-refractivity contribution < 1.29 is 8.81 Å². The van der Waals surface area contributed by atoms with Gasteiger partial charge in [0.05, 0.1) is 5.69 Å². The maximum absolute atomic E-state index is 12.8. The van der Waals surface area contributed by atoms with Crippen molar-refractivity contribution in [2.45, 2.75) is 0 Å². The monoisotopic (exact) mass is 176 g/mol. The van der Waals surface area contributed by atoms with Crippen molar-refractivity contribution >= 4 is 16.7 Å². The Morgan fingerprint density at radius 1 is 1.38 bits per heavy atom. The van der Waals surface area contributed by atoms with Crippen molar-refractivity contribution in [3.63, 3.8) is 0 Å². The molecule has 0 aliphatic carbocycles. The molecule has 0 aliphatic heterocycles. The molecule has 0 atom stereocenters. The van der Waals surface area contributed by atoms with Crippen LogP contribution >= 0.6 is 0 Å². The van der Waals surface area contributed by atoms with Gasteiger partial charge in [-0.1, -0.05) is 0 Å². The van der Waals surface area contributed by atoms with Gasteiger partial charge >= 0.3 is 0 Å². The van der Waals surface area contributed by atoms with Crippen molar-refractivity contribution in [2.24, 2.45) is 0 Å². The van der Waals surface area contributed by atoms with Crippen LogP contribution in [-0.4, -0.2) is 0 Å². The summed E-state index contributed by atoms with van der Waals surface area (Å²) >= 11 is 0. The first-order valence-corrected chi connectivity index (χ1v) is 3.59. The highest BCUT2D eigenvalue weighted by atomic mass is 19.1. The zero-order valence-electron chi connectivity index (χ0n) is 6.54. The number of nitrogen functional groups attached to an aromatic ring is 1. The predicted molar refractivity (Wildman–Crippen MR) is 45.3 cm³/mol. The van der Waals surface area contributed by atoms with Crippen LogP contribution in [0.2, 0.25) is 0 Å². The van der Waals surface area contributed by atoms with Gasteiger partial charge in [0.2, 0.25) is 5.76 Å². The average Bonchev–Trinajstić information content (AvgIpc) is 2.47. The summed E-state index contributed by atoms with van der Waals surface area (Å²) in [5.41, 5.74) is 6.05. The Morgan fingerprint density at radius 2 is 2.15 bits per heavy atom. The van der Waals surface area contributed by atoms with E-state index in [0.29, 0.717) is 11.0 Å². The molecule has 2 rings (SSSR count). The molecule has 0 fully saturated rings. The Hall–Kier alpha value is -2.02.